The average Bonchev–Trinajstić information content (AvgIpc) is 2.61. The first-order valence-corrected chi connectivity index (χ1v) is 5.00. The van der Waals surface area contributed by atoms with E-state index in [-0.39, 0.29) is 0 Å². The zero-order chi connectivity index (χ0) is 8.01. The van der Waals surface area contributed by atoms with Gasteiger partial charge in [-0.15, -0.1) is 0 Å². The van der Waals surface area contributed by atoms with Crippen molar-refractivity contribution < 1.29 is 0 Å². The predicted octanol–water partition coefficient (Wildman–Crippen LogP) is 2.03. The van der Waals surface area contributed by atoms with Crippen molar-refractivity contribution in [2.75, 3.05) is 0 Å². The molecule has 1 saturated heterocycles. The van der Waals surface area contributed by atoms with E-state index in [0.29, 0.717) is 0 Å². The van der Waals surface area contributed by atoms with E-state index in [1.165, 1.54) is 12.8 Å². The fraction of sp³-hybridized carbons (Fsp3) is 1.00. The number of piperidine rings is 1. The van der Waals surface area contributed by atoms with Gasteiger partial charge in [-0.2, -0.15) is 0 Å². The quantitative estimate of drug-likeness (QED) is 0.640. The maximum atomic E-state index is 3.71. The van der Waals surface area contributed by atoms with Gasteiger partial charge in [-0.1, -0.05) is 20.8 Å². The zero-order valence-corrected chi connectivity index (χ0v) is 7.80. The normalized spacial score (nSPS) is 48.0. The van der Waals surface area contributed by atoms with Crippen molar-refractivity contribution in [1.29, 1.82) is 0 Å². The van der Waals surface area contributed by atoms with E-state index >= 15 is 0 Å². The van der Waals surface area contributed by atoms with Crippen LogP contribution in [0.2, 0.25) is 0 Å². The van der Waals surface area contributed by atoms with Crippen LogP contribution < -0.4 is 5.32 Å². The molecule has 2 fully saturated rings. The molecule has 2 aliphatic rings. The molecule has 1 aliphatic heterocycles. The van der Waals surface area contributed by atoms with E-state index in [1.54, 1.807) is 0 Å². The van der Waals surface area contributed by atoms with Crippen LogP contribution in [-0.4, -0.2) is 12.1 Å². The fourth-order valence-corrected chi connectivity index (χ4v) is 2.87. The summed E-state index contributed by atoms with van der Waals surface area (Å²) in [5, 5.41) is 3.71. The Morgan fingerprint density at radius 1 is 1.45 bits per heavy atom. The second kappa shape index (κ2) is 2.48. The molecule has 0 amide bonds. The number of fused-ring (bicyclic) bond motifs is 1. The van der Waals surface area contributed by atoms with Crippen LogP contribution >= 0.6 is 0 Å². The first kappa shape index (κ1) is 7.60. The van der Waals surface area contributed by atoms with Crippen LogP contribution in [0.25, 0.3) is 0 Å². The van der Waals surface area contributed by atoms with Gasteiger partial charge in [0.15, 0.2) is 0 Å². The highest BCUT2D eigenvalue weighted by Gasteiger charge is 2.53. The standard InChI is InChI=1S/C10H19N/c1-4-8-10(6(2)3)7-5-9(7)11-8/h6-11H,4-5H2,1-3H3. The molecule has 1 aliphatic carbocycles. The van der Waals surface area contributed by atoms with Gasteiger partial charge in [0, 0.05) is 12.1 Å². The second-order valence-corrected chi connectivity index (χ2v) is 4.51. The predicted molar refractivity (Wildman–Crippen MR) is 47.4 cm³/mol. The highest BCUT2D eigenvalue weighted by Crippen LogP contribution is 2.49. The molecule has 0 bridgehead atoms. The van der Waals surface area contributed by atoms with E-state index < -0.39 is 0 Å². The van der Waals surface area contributed by atoms with E-state index in [1.807, 2.05) is 0 Å². The fourth-order valence-electron chi connectivity index (χ4n) is 2.87. The summed E-state index contributed by atoms with van der Waals surface area (Å²) in [6, 6.07) is 1.74. The van der Waals surface area contributed by atoms with Crippen LogP contribution in [-0.2, 0) is 0 Å². The van der Waals surface area contributed by atoms with Crippen LogP contribution in [0.15, 0.2) is 0 Å². The zero-order valence-electron chi connectivity index (χ0n) is 7.80. The Kier molecular flexibility index (Phi) is 1.71. The third-order valence-corrected chi connectivity index (χ3v) is 3.44. The lowest BCUT2D eigenvalue weighted by Crippen LogP contribution is -2.33. The first-order chi connectivity index (χ1) is 5.24. The molecule has 4 atom stereocenters. The van der Waals surface area contributed by atoms with Crippen molar-refractivity contribution >= 4 is 0 Å². The summed E-state index contributed by atoms with van der Waals surface area (Å²) >= 11 is 0. The molecule has 1 saturated carbocycles. The summed E-state index contributed by atoms with van der Waals surface area (Å²) in [5.41, 5.74) is 0. The Bertz CT molecular complexity index is 153. The smallest absolute Gasteiger partial charge is 0.0105 e. The van der Waals surface area contributed by atoms with Crippen molar-refractivity contribution in [3.63, 3.8) is 0 Å². The van der Waals surface area contributed by atoms with Gasteiger partial charge in [0.25, 0.3) is 0 Å². The second-order valence-electron chi connectivity index (χ2n) is 4.51. The average molecular weight is 153 g/mol. The molecule has 1 nitrogen and oxygen atoms in total. The number of rotatable bonds is 2. The lowest BCUT2D eigenvalue weighted by atomic mass is 9.85. The number of hydrogen-bond acceptors (Lipinski definition) is 1. The highest BCUT2D eigenvalue weighted by atomic mass is 15.1. The van der Waals surface area contributed by atoms with Crippen molar-refractivity contribution in [3.8, 4) is 0 Å². The lowest BCUT2D eigenvalue weighted by molar-refractivity contribution is 0.290. The van der Waals surface area contributed by atoms with Crippen LogP contribution in [0.4, 0.5) is 0 Å². The summed E-state index contributed by atoms with van der Waals surface area (Å²) in [4.78, 5) is 0. The summed E-state index contributed by atoms with van der Waals surface area (Å²) in [5.74, 6) is 2.90. The Balaban J connectivity index is 2.03. The number of hydrogen-bond donors (Lipinski definition) is 1. The third kappa shape index (κ3) is 1.10. The molecule has 4 unspecified atom stereocenters. The SMILES string of the molecule is CCC1NC2CC2C1C(C)C. The largest absolute Gasteiger partial charge is 0.311 e. The van der Waals surface area contributed by atoms with Gasteiger partial charge in [0.05, 0.1) is 0 Å². The minimum atomic E-state index is 0.832. The van der Waals surface area contributed by atoms with Crippen LogP contribution in [0.1, 0.15) is 33.6 Å². The molecular formula is C10H19N. The van der Waals surface area contributed by atoms with Gasteiger partial charge in [0.1, 0.15) is 0 Å². The molecular weight excluding hydrogens is 134 g/mol. The third-order valence-electron chi connectivity index (χ3n) is 3.44. The van der Waals surface area contributed by atoms with Gasteiger partial charge < -0.3 is 5.32 Å². The minimum Gasteiger partial charge on any atom is -0.311 e. The van der Waals surface area contributed by atoms with E-state index in [2.05, 4.69) is 26.1 Å². The van der Waals surface area contributed by atoms with Gasteiger partial charge in [-0.25, -0.2) is 0 Å². The van der Waals surface area contributed by atoms with Crippen molar-refractivity contribution in [2.45, 2.75) is 45.7 Å². The molecule has 1 heterocycles. The van der Waals surface area contributed by atoms with Crippen LogP contribution in [0.5, 0.6) is 0 Å². The van der Waals surface area contributed by atoms with E-state index in [4.69, 9.17) is 0 Å². The molecule has 64 valence electrons. The van der Waals surface area contributed by atoms with E-state index in [9.17, 15) is 0 Å². The Hall–Kier alpha value is -0.0400. The maximum Gasteiger partial charge on any atom is 0.0105 e. The van der Waals surface area contributed by atoms with Crippen molar-refractivity contribution in [2.24, 2.45) is 17.8 Å². The Morgan fingerprint density at radius 2 is 2.18 bits per heavy atom. The monoisotopic (exact) mass is 153 g/mol. The summed E-state index contributed by atoms with van der Waals surface area (Å²) < 4.78 is 0. The van der Waals surface area contributed by atoms with Crippen LogP contribution in [0.3, 0.4) is 0 Å². The minimum absolute atomic E-state index is 0.832. The van der Waals surface area contributed by atoms with E-state index in [0.717, 1.165) is 29.8 Å². The van der Waals surface area contributed by atoms with Gasteiger partial charge in [-0.05, 0) is 30.6 Å². The molecule has 0 aromatic carbocycles. The van der Waals surface area contributed by atoms with Crippen LogP contribution in [0, 0.1) is 17.8 Å². The highest BCUT2D eigenvalue weighted by molar-refractivity contribution is 5.08. The topological polar surface area (TPSA) is 12.0 Å². The molecule has 2 rings (SSSR count). The molecule has 1 heteroatoms. The van der Waals surface area contributed by atoms with Gasteiger partial charge in [0.2, 0.25) is 0 Å². The number of nitrogens with one attached hydrogen (secondary N) is 1. The van der Waals surface area contributed by atoms with Gasteiger partial charge >= 0.3 is 0 Å². The maximum absolute atomic E-state index is 3.71. The molecule has 0 radical (unpaired) electrons. The lowest BCUT2D eigenvalue weighted by Gasteiger charge is -2.24. The van der Waals surface area contributed by atoms with Gasteiger partial charge in [-0.3, -0.25) is 0 Å². The molecule has 0 aromatic rings. The van der Waals surface area contributed by atoms with Crippen molar-refractivity contribution in [3.05, 3.63) is 0 Å². The summed E-state index contributed by atoms with van der Waals surface area (Å²) in [7, 11) is 0. The Morgan fingerprint density at radius 3 is 2.64 bits per heavy atom. The Labute approximate surface area is 69.6 Å². The molecule has 11 heavy (non-hydrogen) atoms. The molecule has 0 spiro atoms. The molecule has 1 N–H and O–H groups in total. The summed E-state index contributed by atoms with van der Waals surface area (Å²) in [6.45, 7) is 7.04. The van der Waals surface area contributed by atoms with Crippen molar-refractivity contribution in [1.82, 2.24) is 5.32 Å². The summed E-state index contributed by atoms with van der Waals surface area (Å²) in [6.07, 6.45) is 2.77. The first-order valence-electron chi connectivity index (χ1n) is 5.00. The molecule has 0 aromatic heterocycles.